The summed E-state index contributed by atoms with van der Waals surface area (Å²) in [4.78, 5) is 22.2. The highest BCUT2D eigenvalue weighted by atomic mass is 79.9. The first-order valence-corrected chi connectivity index (χ1v) is 6.65. The van der Waals surface area contributed by atoms with Gasteiger partial charge in [0, 0.05) is 22.2 Å². The quantitative estimate of drug-likeness (QED) is 0.660. The minimum atomic E-state index is -0.553. The number of benzene rings is 2. The average molecular weight is 356 g/mol. The van der Waals surface area contributed by atoms with Gasteiger partial charge in [0.15, 0.2) is 0 Å². The minimum absolute atomic E-state index is 0.141. The Morgan fingerprint density at radius 2 is 2.00 bits per heavy atom. The molecule has 7 heteroatoms. The van der Waals surface area contributed by atoms with Crippen molar-refractivity contribution < 1.29 is 9.72 Å². The van der Waals surface area contributed by atoms with Crippen molar-refractivity contribution in [1.29, 1.82) is 0 Å². The SMILES string of the molecule is O=C(Nc1cc(Br)ccc1Cl)c1cccc([N+](=O)[O-])c1. The second-order valence-electron chi connectivity index (χ2n) is 3.89. The second kappa shape index (κ2) is 6.02. The fourth-order valence-electron chi connectivity index (χ4n) is 1.55. The summed E-state index contributed by atoms with van der Waals surface area (Å²) in [5, 5.41) is 13.7. The molecule has 0 aromatic heterocycles. The Hall–Kier alpha value is -1.92. The van der Waals surface area contributed by atoms with Crippen LogP contribution in [0, 0.1) is 10.1 Å². The number of carbonyl (C=O) groups excluding carboxylic acids is 1. The van der Waals surface area contributed by atoms with Crippen LogP contribution in [0.15, 0.2) is 46.9 Å². The first kappa shape index (κ1) is 14.5. The molecule has 0 aliphatic carbocycles. The van der Waals surface area contributed by atoms with Gasteiger partial charge < -0.3 is 5.32 Å². The van der Waals surface area contributed by atoms with E-state index < -0.39 is 10.8 Å². The molecule has 1 amide bonds. The highest BCUT2D eigenvalue weighted by Gasteiger charge is 2.13. The van der Waals surface area contributed by atoms with Gasteiger partial charge in [0.25, 0.3) is 11.6 Å². The maximum atomic E-state index is 12.0. The molecule has 2 aromatic carbocycles. The van der Waals surface area contributed by atoms with E-state index in [1.807, 2.05) is 0 Å². The largest absolute Gasteiger partial charge is 0.321 e. The van der Waals surface area contributed by atoms with Gasteiger partial charge in [0.1, 0.15) is 0 Å². The van der Waals surface area contributed by atoms with Crippen molar-refractivity contribution >= 4 is 44.8 Å². The Kier molecular flexibility index (Phi) is 4.36. The summed E-state index contributed by atoms with van der Waals surface area (Å²) < 4.78 is 0.760. The summed E-state index contributed by atoms with van der Waals surface area (Å²) in [5.41, 5.74) is 0.478. The number of amides is 1. The van der Waals surface area contributed by atoms with Gasteiger partial charge in [-0.1, -0.05) is 33.6 Å². The van der Waals surface area contributed by atoms with E-state index >= 15 is 0 Å². The molecule has 0 spiro atoms. The van der Waals surface area contributed by atoms with Crippen LogP contribution >= 0.6 is 27.5 Å². The zero-order chi connectivity index (χ0) is 14.7. The summed E-state index contributed by atoms with van der Waals surface area (Å²) in [6.07, 6.45) is 0. The number of carbonyl (C=O) groups is 1. The van der Waals surface area contributed by atoms with E-state index in [-0.39, 0.29) is 11.3 Å². The van der Waals surface area contributed by atoms with Gasteiger partial charge in [-0.2, -0.15) is 0 Å². The first-order chi connectivity index (χ1) is 9.47. The molecular formula is C13H8BrClN2O3. The molecule has 1 N–H and O–H groups in total. The number of nitrogens with zero attached hydrogens (tertiary/aromatic N) is 1. The smallest absolute Gasteiger partial charge is 0.270 e. The van der Waals surface area contributed by atoms with Crippen LogP contribution in [0.5, 0.6) is 0 Å². The van der Waals surface area contributed by atoms with E-state index in [9.17, 15) is 14.9 Å². The summed E-state index contributed by atoms with van der Waals surface area (Å²) in [6, 6.07) is 10.5. The summed E-state index contributed by atoms with van der Waals surface area (Å²) in [6.45, 7) is 0. The lowest BCUT2D eigenvalue weighted by atomic mass is 10.2. The maximum Gasteiger partial charge on any atom is 0.270 e. The molecule has 0 fully saturated rings. The molecule has 102 valence electrons. The Balaban J connectivity index is 2.26. The number of hydrogen-bond donors (Lipinski definition) is 1. The fourth-order valence-corrected chi connectivity index (χ4v) is 2.07. The lowest BCUT2D eigenvalue weighted by Crippen LogP contribution is -2.12. The molecule has 0 heterocycles. The van der Waals surface area contributed by atoms with Crippen LogP contribution in [0.4, 0.5) is 11.4 Å². The number of hydrogen-bond acceptors (Lipinski definition) is 3. The predicted octanol–water partition coefficient (Wildman–Crippen LogP) is 4.26. The molecule has 5 nitrogen and oxygen atoms in total. The molecule has 0 atom stereocenters. The summed E-state index contributed by atoms with van der Waals surface area (Å²) >= 11 is 9.24. The average Bonchev–Trinajstić information content (AvgIpc) is 2.43. The third-order valence-corrected chi connectivity index (χ3v) is 3.32. The van der Waals surface area contributed by atoms with Crippen molar-refractivity contribution in [3.63, 3.8) is 0 Å². The molecule has 0 unspecified atom stereocenters. The number of nitro groups is 1. The normalized spacial score (nSPS) is 10.1. The zero-order valence-corrected chi connectivity index (χ0v) is 12.3. The van der Waals surface area contributed by atoms with Crippen LogP contribution in [-0.4, -0.2) is 10.8 Å². The van der Waals surface area contributed by atoms with Crippen molar-refractivity contribution in [3.8, 4) is 0 Å². The van der Waals surface area contributed by atoms with Gasteiger partial charge in [0.05, 0.1) is 15.6 Å². The molecular weight excluding hydrogens is 348 g/mol. The standard InChI is InChI=1S/C13H8BrClN2O3/c14-9-4-5-11(15)12(7-9)16-13(18)8-2-1-3-10(6-8)17(19)20/h1-7H,(H,16,18). The van der Waals surface area contributed by atoms with Crippen LogP contribution in [0.3, 0.4) is 0 Å². The first-order valence-electron chi connectivity index (χ1n) is 5.48. The van der Waals surface area contributed by atoms with Gasteiger partial charge >= 0.3 is 0 Å². The zero-order valence-electron chi connectivity index (χ0n) is 9.97. The number of nitrogens with one attached hydrogen (secondary N) is 1. The summed E-state index contributed by atoms with van der Waals surface area (Å²) in [5.74, 6) is -0.464. The number of non-ortho nitro benzene ring substituents is 1. The van der Waals surface area contributed by atoms with Crippen molar-refractivity contribution in [2.75, 3.05) is 5.32 Å². The molecule has 20 heavy (non-hydrogen) atoms. The van der Waals surface area contributed by atoms with E-state index in [1.54, 1.807) is 18.2 Å². The number of anilines is 1. The van der Waals surface area contributed by atoms with E-state index in [0.29, 0.717) is 10.7 Å². The molecule has 0 saturated heterocycles. The molecule has 0 aliphatic heterocycles. The van der Waals surface area contributed by atoms with Gasteiger partial charge in [0.2, 0.25) is 0 Å². The fraction of sp³-hybridized carbons (Fsp3) is 0. The molecule has 0 saturated carbocycles. The monoisotopic (exact) mass is 354 g/mol. The van der Waals surface area contributed by atoms with Crippen molar-refractivity contribution in [2.24, 2.45) is 0 Å². The van der Waals surface area contributed by atoms with Gasteiger partial charge in [-0.25, -0.2) is 0 Å². The minimum Gasteiger partial charge on any atom is -0.321 e. The molecule has 2 aromatic rings. The van der Waals surface area contributed by atoms with E-state index in [2.05, 4.69) is 21.2 Å². The van der Waals surface area contributed by atoms with E-state index in [1.165, 1.54) is 24.3 Å². The highest BCUT2D eigenvalue weighted by Crippen LogP contribution is 2.26. The van der Waals surface area contributed by atoms with Gasteiger partial charge in [-0.15, -0.1) is 0 Å². The van der Waals surface area contributed by atoms with Crippen LogP contribution in [0.1, 0.15) is 10.4 Å². The predicted molar refractivity (Wildman–Crippen MR) is 80.2 cm³/mol. The van der Waals surface area contributed by atoms with Gasteiger partial charge in [-0.3, -0.25) is 14.9 Å². The van der Waals surface area contributed by atoms with Gasteiger partial charge in [-0.05, 0) is 24.3 Å². The third kappa shape index (κ3) is 3.34. The second-order valence-corrected chi connectivity index (χ2v) is 5.21. The summed E-state index contributed by atoms with van der Waals surface area (Å²) in [7, 11) is 0. The number of rotatable bonds is 3. The molecule has 0 bridgehead atoms. The van der Waals surface area contributed by atoms with Crippen molar-refractivity contribution in [1.82, 2.24) is 0 Å². The molecule has 0 aliphatic rings. The van der Waals surface area contributed by atoms with Crippen LogP contribution in [-0.2, 0) is 0 Å². The van der Waals surface area contributed by atoms with Crippen molar-refractivity contribution in [3.05, 3.63) is 67.6 Å². The van der Waals surface area contributed by atoms with Crippen LogP contribution < -0.4 is 5.32 Å². The Labute approximate surface area is 127 Å². The Morgan fingerprint density at radius 3 is 2.70 bits per heavy atom. The molecule has 2 rings (SSSR count). The van der Waals surface area contributed by atoms with Crippen LogP contribution in [0.25, 0.3) is 0 Å². The van der Waals surface area contributed by atoms with E-state index in [4.69, 9.17) is 11.6 Å². The molecule has 0 radical (unpaired) electrons. The van der Waals surface area contributed by atoms with Crippen LogP contribution in [0.2, 0.25) is 5.02 Å². The maximum absolute atomic E-state index is 12.0. The lowest BCUT2D eigenvalue weighted by Gasteiger charge is -2.07. The Bertz CT molecular complexity index is 691. The Morgan fingerprint density at radius 1 is 1.25 bits per heavy atom. The van der Waals surface area contributed by atoms with E-state index in [0.717, 1.165) is 4.47 Å². The topological polar surface area (TPSA) is 72.2 Å². The third-order valence-electron chi connectivity index (χ3n) is 2.50. The number of halogens is 2. The van der Waals surface area contributed by atoms with Crippen molar-refractivity contribution in [2.45, 2.75) is 0 Å². The highest BCUT2D eigenvalue weighted by molar-refractivity contribution is 9.10. The number of nitro benzene ring substituents is 1. The lowest BCUT2D eigenvalue weighted by molar-refractivity contribution is -0.384.